The molecule has 1 aromatic carbocycles. The molecule has 2 aliphatic heterocycles. The molecule has 0 unspecified atom stereocenters. The Bertz CT molecular complexity index is 825. The second-order valence-electron chi connectivity index (χ2n) is 8.30. The van der Waals surface area contributed by atoms with Gasteiger partial charge in [0.1, 0.15) is 6.10 Å². The summed E-state index contributed by atoms with van der Waals surface area (Å²) in [6.07, 6.45) is 3.46. The van der Waals surface area contributed by atoms with E-state index >= 15 is 0 Å². The molecule has 1 aromatic heterocycles. The lowest BCUT2D eigenvalue weighted by Gasteiger charge is -2.53. The van der Waals surface area contributed by atoms with Gasteiger partial charge in [0.05, 0.1) is 11.1 Å². The molecule has 2 aromatic rings. The van der Waals surface area contributed by atoms with Gasteiger partial charge in [-0.1, -0.05) is 12.1 Å². The number of benzene rings is 1. The zero-order valence-electron chi connectivity index (χ0n) is 16.1. The topological polar surface area (TPSA) is 77.6 Å². The van der Waals surface area contributed by atoms with Crippen LogP contribution < -0.4 is 5.32 Å². The van der Waals surface area contributed by atoms with Crippen LogP contribution in [0.15, 0.2) is 30.5 Å². The molecule has 1 amide bonds. The summed E-state index contributed by atoms with van der Waals surface area (Å²) in [6, 6.07) is 8.49. The van der Waals surface area contributed by atoms with Gasteiger partial charge in [-0.05, 0) is 43.9 Å². The van der Waals surface area contributed by atoms with Crippen LogP contribution in [0.1, 0.15) is 38.7 Å². The van der Waals surface area contributed by atoms with Crippen LogP contribution >= 0.6 is 0 Å². The molecule has 3 N–H and O–H groups in total. The van der Waals surface area contributed by atoms with Gasteiger partial charge in [-0.15, -0.1) is 0 Å². The largest absolute Gasteiger partial charge is 0.388 e. The van der Waals surface area contributed by atoms with E-state index in [-0.39, 0.29) is 5.91 Å². The molecular weight excluding hydrogens is 342 g/mol. The van der Waals surface area contributed by atoms with Crippen LogP contribution in [0.2, 0.25) is 0 Å². The number of fused-ring (bicyclic) bond motifs is 1. The van der Waals surface area contributed by atoms with E-state index < -0.39 is 17.2 Å². The van der Waals surface area contributed by atoms with Crippen LogP contribution in [0.25, 0.3) is 10.9 Å². The molecule has 2 fully saturated rings. The van der Waals surface area contributed by atoms with Gasteiger partial charge in [0.15, 0.2) is 0 Å². The summed E-state index contributed by atoms with van der Waals surface area (Å²) in [6.45, 7) is 6.63. The van der Waals surface area contributed by atoms with E-state index in [9.17, 15) is 9.90 Å². The van der Waals surface area contributed by atoms with Crippen molar-refractivity contribution in [3.63, 3.8) is 0 Å². The molecule has 0 saturated carbocycles. The smallest absolute Gasteiger partial charge is 0.217 e. The maximum atomic E-state index is 11.6. The summed E-state index contributed by atoms with van der Waals surface area (Å²) < 4.78 is 6.12. The number of nitrogens with zero attached hydrogens (tertiary/aromatic N) is 1. The Morgan fingerprint density at radius 1 is 1.33 bits per heavy atom. The Morgan fingerprint density at radius 3 is 2.85 bits per heavy atom. The SMILES string of the molecule is CC(=O)N[C@@]1(C)CCOC2(CCN(Cc3cccc4[nH]ccc34)CC2)[C@@H]1O. The number of hydrogen-bond donors (Lipinski definition) is 3. The van der Waals surface area contributed by atoms with E-state index in [0.29, 0.717) is 13.0 Å². The number of ether oxygens (including phenoxy) is 1. The third kappa shape index (κ3) is 3.37. The molecule has 2 aliphatic rings. The zero-order valence-corrected chi connectivity index (χ0v) is 16.1. The first-order valence-electron chi connectivity index (χ1n) is 9.80. The molecular formula is C21H29N3O3. The lowest BCUT2D eigenvalue weighted by atomic mass is 9.73. The summed E-state index contributed by atoms with van der Waals surface area (Å²) in [5, 5.41) is 15.3. The van der Waals surface area contributed by atoms with E-state index in [1.165, 1.54) is 17.9 Å². The molecule has 0 aliphatic carbocycles. The number of hydrogen-bond acceptors (Lipinski definition) is 4. The van der Waals surface area contributed by atoms with Crippen molar-refractivity contribution in [2.45, 2.75) is 56.9 Å². The number of likely N-dealkylation sites (tertiary alicyclic amines) is 1. The fraction of sp³-hybridized carbons (Fsp3) is 0.571. The number of piperidine rings is 1. The highest BCUT2D eigenvalue weighted by molar-refractivity contribution is 5.82. The molecule has 1 spiro atoms. The van der Waals surface area contributed by atoms with Crippen LogP contribution in [0, 0.1) is 0 Å². The van der Waals surface area contributed by atoms with E-state index in [1.54, 1.807) is 0 Å². The Balaban J connectivity index is 1.45. The molecule has 6 heteroatoms. The number of H-pyrrole nitrogens is 1. The number of aliphatic hydroxyl groups is 1. The third-order valence-electron chi connectivity index (χ3n) is 6.36. The first kappa shape index (κ1) is 18.5. The lowest BCUT2D eigenvalue weighted by molar-refractivity contribution is -0.208. The zero-order chi connectivity index (χ0) is 19.1. The number of carbonyl (C=O) groups excluding carboxylic acids is 1. The van der Waals surface area contributed by atoms with Crippen LogP contribution in [0.3, 0.4) is 0 Å². The molecule has 2 atom stereocenters. The molecule has 2 saturated heterocycles. The van der Waals surface area contributed by atoms with Gasteiger partial charge < -0.3 is 20.1 Å². The van der Waals surface area contributed by atoms with Crippen molar-refractivity contribution in [2.24, 2.45) is 0 Å². The quantitative estimate of drug-likeness (QED) is 0.773. The minimum atomic E-state index is -0.696. The predicted octanol–water partition coefficient (Wildman–Crippen LogP) is 2.18. The number of rotatable bonds is 3. The van der Waals surface area contributed by atoms with Gasteiger partial charge in [-0.2, -0.15) is 0 Å². The van der Waals surface area contributed by atoms with E-state index in [0.717, 1.165) is 38.0 Å². The summed E-state index contributed by atoms with van der Waals surface area (Å²) in [5.74, 6) is -0.106. The molecule has 27 heavy (non-hydrogen) atoms. The van der Waals surface area contributed by atoms with E-state index in [2.05, 4.69) is 39.5 Å². The summed E-state index contributed by atoms with van der Waals surface area (Å²) in [7, 11) is 0. The maximum absolute atomic E-state index is 11.6. The second-order valence-corrected chi connectivity index (χ2v) is 8.30. The van der Waals surface area contributed by atoms with Gasteiger partial charge in [0.25, 0.3) is 0 Å². The number of nitrogens with one attached hydrogen (secondary N) is 2. The van der Waals surface area contributed by atoms with Crippen molar-refractivity contribution < 1.29 is 14.6 Å². The Morgan fingerprint density at radius 2 is 2.11 bits per heavy atom. The molecule has 146 valence electrons. The minimum Gasteiger partial charge on any atom is -0.388 e. The molecule has 0 bridgehead atoms. The first-order chi connectivity index (χ1) is 12.9. The van der Waals surface area contributed by atoms with Gasteiger partial charge in [-0.3, -0.25) is 9.69 Å². The Labute approximate surface area is 159 Å². The maximum Gasteiger partial charge on any atom is 0.217 e. The fourth-order valence-corrected chi connectivity index (χ4v) is 4.83. The molecule has 4 rings (SSSR count). The summed E-state index contributed by atoms with van der Waals surface area (Å²) >= 11 is 0. The average molecular weight is 371 g/mol. The Hall–Kier alpha value is -1.89. The van der Waals surface area contributed by atoms with Gasteiger partial charge in [0.2, 0.25) is 5.91 Å². The van der Waals surface area contributed by atoms with Crippen molar-refractivity contribution >= 4 is 16.8 Å². The summed E-state index contributed by atoms with van der Waals surface area (Å²) in [4.78, 5) is 17.3. The normalized spacial score (nSPS) is 28.5. The number of aromatic amines is 1. The van der Waals surface area contributed by atoms with Crippen molar-refractivity contribution in [1.82, 2.24) is 15.2 Å². The van der Waals surface area contributed by atoms with Gasteiger partial charge in [0, 0.05) is 50.3 Å². The van der Waals surface area contributed by atoms with Crippen molar-refractivity contribution in [2.75, 3.05) is 19.7 Å². The number of amides is 1. The monoisotopic (exact) mass is 371 g/mol. The molecule has 6 nitrogen and oxygen atoms in total. The van der Waals surface area contributed by atoms with Crippen LogP contribution in [-0.2, 0) is 16.1 Å². The first-order valence-corrected chi connectivity index (χ1v) is 9.80. The average Bonchev–Trinajstić information content (AvgIpc) is 3.11. The number of carbonyl (C=O) groups is 1. The van der Waals surface area contributed by atoms with E-state index in [4.69, 9.17) is 4.74 Å². The summed E-state index contributed by atoms with van der Waals surface area (Å²) in [5.41, 5.74) is 1.30. The van der Waals surface area contributed by atoms with Crippen molar-refractivity contribution in [3.05, 3.63) is 36.0 Å². The van der Waals surface area contributed by atoms with Crippen molar-refractivity contribution in [1.29, 1.82) is 0 Å². The predicted molar refractivity (Wildman–Crippen MR) is 104 cm³/mol. The number of aromatic nitrogens is 1. The van der Waals surface area contributed by atoms with Crippen LogP contribution in [0.5, 0.6) is 0 Å². The van der Waals surface area contributed by atoms with Gasteiger partial charge >= 0.3 is 0 Å². The minimum absolute atomic E-state index is 0.106. The molecule has 3 heterocycles. The van der Waals surface area contributed by atoms with Crippen molar-refractivity contribution in [3.8, 4) is 0 Å². The molecule has 0 radical (unpaired) electrons. The third-order valence-corrected chi connectivity index (χ3v) is 6.36. The fourth-order valence-electron chi connectivity index (χ4n) is 4.83. The lowest BCUT2D eigenvalue weighted by Crippen LogP contribution is -2.69. The highest BCUT2D eigenvalue weighted by atomic mass is 16.5. The number of aliphatic hydroxyl groups excluding tert-OH is 1. The standard InChI is InChI=1S/C21H29N3O3/c1-15(25)23-20(2)9-13-27-21(19(20)26)7-11-24(12-8-21)14-16-4-3-5-18-17(16)6-10-22-18/h3-6,10,19,22,26H,7-9,11-14H2,1-2H3,(H,23,25)/t19-,20+/m1/s1. The van der Waals surface area contributed by atoms with E-state index in [1.807, 2.05) is 13.1 Å². The van der Waals surface area contributed by atoms with Crippen LogP contribution in [0.4, 0.5) is 0 Å². The highest BCUT2D eigenvalue weighted by Gasteiger charge is 2.53. The Kier molecular flexibility index (Phi) is 4.74. The second kappa shape index (κ2) is 6.93. The van der Waals surface area contributed by atoms with Crippen LogP contribution in [-0.4, -0.2) is 57.8 Å². The highest BCUT2D eigenvalue weighted by Crippen LogP contribution is 2.40. The van der Waals surface area contributed by atoms with Gasteiger partial charge in [-0.25, -0.2) is 0 Å².